The first-order valence-corrected chi connectivity index (χ1v) is 8.81. The molecule has 2 atom stereocenters. The number of nitrogens with zero attached hydrogens (tertiary/aromatic N) is 1. The molecular formula is C16H23ClN4O3. The Morgan fingerprint density at radius 3 is 2.46 bits per heavy atom. The number of hydrogen-bond donors (Lipinski definition) is 4. The Morgan fingerprint density at radius 1 is 1.25 bits per heavy atom. The van der Waals surface area contributed by atoms with Crippen LogP contribution in [0.2, 0.25) is 5.02 Å². The molecule has 0 spiro atoms. The van der Waals surface area contributed by atoms with Gasteiger partial charge in [-0.3, -0.25) is 14.7 Å². The van der Waals surface area contributed by atoms with Crippen molar-refractivity contribution in [2.75, 3.05) is 0 Å². The first-order chi connectivity index (χ1) is 11.4. The lowest BCUT2D eigenvalue weighted by atomic mass is 10.0. The van der Waals surface area contributed by atoms with Crippen LogP contribution in [0.15, 0.2) is 0 Å². The van der Waals surface area contributed by atoms with Crippen LogP contribution < -0.4 is 10.6 Å². The summed E-state index contributed by atoms with van der Waals surface area (Å²) < 4.78 is 0. The van der Waals surface area contributed by atoms with Crippen molar-refractivity contribution < 1.29 is 14.7 Å². The highest BCUT2D eigenvalue weighted by atomic mass is 35.5. The predicted octanol–water partition coefficient (Wildman–Crippen LogP) is 1.44. The van der Waals surface area contributed by atoms with Crippen LogP contribution in [0.5, 0.6) is 0 Å². The van der Waals surface area contributed by atoms with Gasteiger partial charge in [-0.25, -0.2) is 0 Å². The van der Waals surface area contributed by atoms with Gasteiger partial charge in [-0.1, -0.05) is 11.6 Å². The second-order valence-electron chi connectivity index (χ2n) is 6.90. The largest absolute Gasteiger partial charge is 0.380 e. The van der Waals surface area contributed by atoms with Gasteiger partial charge in [0.05, 0.1) is 10.7 Å². The second-order valence-corrected chi connectivity index (χ2v) is 7.28. The molecule has 132 valence electrons. The van der Waals surface area contributed by atoms with E-state index in [-0.39, 0.29) is 29.6 Å². The molecule has 0 radical (unpaired) electrons. The number of aryl methyl sites for hydroxylation is 1. The second kappa shape index (κ2) is 6.72. The summed E-state index contributed by atoms with van der Waals surface area (Å²) in [6, 6.07) is -0.0575. The van der Waals surface area contributed by atoms with Crippen molar-refractivity contribution in [1.82, 2.24) is 20.8 Å². The fourth-order valence-corrected chi connectivity index (χ4v) is 3.74. The quantitative estimate of drug-likeness (QED) is 0.656. The van der Waals surface area contributed by atoms with Crippen molar-refractivity contribution in [1.29, 1.82) is 0 Å². The number of carbonyl (C=O) groups is 2. The SMILES string of the molecule is Cc1[nH]nc(C(=O)N[C@@H]2CC[C@H](NC(=O)C3(O)CCCC3)C2)c1Cl. The van der Waals surface area contributed by atoms with E-state index in [1.165, 1.54) is 0 Å². The minimum absolute atomic E-state index is 0.0242. The molecule has 2 aliphatic rings. The van der Waals surface area contributed by atoms with Gasteiger partial charge in [0.1, 0.15) is 5.60 Å². The van der Waals surface area contributed by atoms with Crippen LogP contribution in [0.1, 0.15) is 61.1 Å². The Balaban J connectivity index is 1.51. The number of amides is 2. The van der Waals surface area contributed by atoms with Crippen molar-refractivity contribution in [2.24, 2.45) is 0 Å². The van der Waals surface area contributed by atoms with Gasteiger partial charge in [0, 0.05) is 12.1 Å². The van der Waals surface area contributed by atoms with Crippen LogP contribution in [-0.4, -0.2) is 44.8 Å². The fraction of sp³-hybridized carbons (Fsp3) is 0.688. The van der Waals surface area contributed by atoms with E-state index in [4.69, 9.17) is 11.6 Å². The van der Waals surface area contributed by atoms with Gasteiger partial charge >= 0.3 is 0 Å². The maximum Gasteiger partial charge on any atom is 0.273 e. The van der Waals surface area contributed by atoms with E-state index in [0.717, 1.165) is 25.7 Å². The molecule has 4 N–H and O–H groups in total. The monoisotopic (exact) mass is 354 g/mol. The Labute approximate surface area is 145 Å². The van der Waals surface area contributed by atoms with Gasteiger partial charge in [0.15, 0.2) is 5.69 Å². The van der Waals surface area contributed by atoms with Gasteiger partial charge in [0.2, 0.25) is 0 Å². The molecule has 3 rings (SSSR count). The van der Waals surface area contributed by atoms with E-state index in [2.05, 4.69) is 20.8 Å². The number of aromatic amines is 1. The zero-order valence-electron chi connectivity index (χ0n) is 13.7. The Bertz CT molecular complexity index is 639. The van der Waals surface area contributed by atoms with Crippen LogP contribution in [-0.2, 0) is 4.79 Å². The zero-order chi connectivity index (χ0) is 17.3. The summed E-state index contributed by atoms with van der Waals surface area (Å²) in [7, 11) is 0. The Morgan fingerprint density at radius 2 is 1.88 bits per heavy atom. The number of aliphatic hydroxyl groups is 1. The Hall–Kier alpha value is -1.60. The first-order valence-electron chi connectivity index (χ1n) is 8.44. The standard InChI is InChI=1S/C16H23ClN4O3/c1-9-12(17)13(21-20-9)14(22)18-10-4-5-11(8-10)19-15(23)16(24)6-2-3-7-16/h10-11,24H,2-8H2,1H3,(H,18,22)(H,19,23)(H,20,21)/t10-,11+/m1/s1. The zero-order valence-corrected chi connectivity index (χ0v) is 14.4. The molecule has 8 heteroatoms. The highest BCUT2D eigenvalue weighted by molar-refractivity contribution is 6.34. The molecule has 0 bridgehead atoms. The normalized spacial score (nSPS) is 25.6. The third-order valence-corrected chi connectivity index (χ3v) is 5.51. The van der Waals surface area contributed by atoms with Crippen molar-refractivity contribution in [3.63, 3.8) is 0 Å². The number of hydrogen-bond acceptors (Lipinski definition) is 4. The third-order valence-electron chi connectivity index (χ3n) is 5.04. The summed E-state index contributed by atoms with van der Waals surface area (Å²) in [5, 5.41) is 23.1. The topological polar surface area (TPSA) is 107 Å². The van der Waals surface area contributed by atoms with Gasteiger partial charge in [-0.05, 0) is 51.9 Å². The van der Waals surface area contributed by atoms with E-state index in [0.29, 0.717) is 30.0 Å². The molecule has 2 saturated carbocycles. The molecular weight excluding hydrogens is 332 g/mol. The molecule has 1 heterocycles. The molecule has 7 nitrogen and oxygen atoms in total. The van der Waals surface area contributed by atoms with Gasteiger partial charge < -0.3 is 15.7 Å². The molecule has 2 fully saturated rings. The number of nitrogens with one attached hydrogen (secondary N) is 3. The number of halogens is 1. The summed E-state index contributed by atoms with van der Waals surface area (Å²) in [5.74, 6) is -0.585. The summed E-state index contributed by atoms with van der Waals surface area (Å²) >= 11 is 6.04. The van der Waals surface area contributed by atoms with Crippen LogP contribution in [0.3, 0.4) is 0 Å². The fourth-order valence-electron chi connectivity index (χ4n) is 3.57. The molecule has 2 aliphatic carbocycles. The summed E-state index contributed by atoms with van der Waals surface area (Å²) in [4.78, 5) is 24.5. The van der Waals surface area contributed by atoms with Crippen molar-refractivity contribution in [2.45, 2.75) is 69.6 Å². The highest BCUT2D eigenvalue weighted by Gasteiger charge is 2.40. The van der Waals surface area contributed by atoms with Gasteiger partial charge in [0.25, 0.3) is 11.8 Å². The van der Waals surface area contributed by atoms with Gasteiger partial charge in [-0.2, -0.15) is 5.10 Å². The summed E-state index contributed by atoms with van der Waals surface area (Å²) in [6.45, 7) is 1.75. The summed E-state index contributed by atoms with van der Waals surface area (Å²) in [6.07, 6.45) is 5.03. The highest BCUT2D eigenvalue weighted by Crippen LogP contribution is 2.30. The van der Waals surface area contributed by atoms with E-state index < -0.39 is 5.60 Å². The smallest absolute Gasteiger partial charge is 0.273 e. The number of aromatic nitrogens is 2. The lowest BCUT2D eigenvalue weighted by molar-refractivity contribution is -0.139. The molecule has 0 aromatic carbocycles. The molecule has 0 aliphatic heterocycles. The van der Waals surface area contributed by atoms with Crippen molar-refractivity contribution in [3.05, 3.63) is 16.4 Å². The Kier molecular flexibility index (Phi) is 4.83. The maximum atomic E-state index is 12.2. The number of H-pyrrole nitrogens is 1. The summed E-state index contributed by atoms with van der Waals surface area (Å²) in [5.41, 5.74) is -0.355. The third kappa shape index (κ3) is 3.42. The molecule has 24 heavy (non-hydrogen) atoms. The maximum absolute atomic E-state index is 12.2. The minimum atomic E-state index is -1.21. The van der Waals surface area contributed by atoms with E-state index in [1.807, 2.05) is 0 Å². The minimum Gasteiger partial charge on any atom is -0.380 e. The van der Waals surface area contributed by atoms with E-state index in [1.54, 1.807) is 6.92 Å². The van der Waals surface area contributed by atoms with Crippen LogP contribution in [0.4, 0.5) is 0 Å². The molecule has 0 saturated heterocycles. The average Bonchev–Trinajstić information content (AvgIpc) is 3.23. The van der Waals surface area contributed by atoms with E-state index in [9.17, 15) is 14.7 Å². The first kappa shape index (κ1) is 17.2. The number of carbonyl (C=O) groups excluding carboxylic acids is 2. The molecule has 0 unspecified atom stereocenters. The lowest BCUT2D eigenvalue weighted by Crippen LogP contribution is -2.48. The lowest BCUT2D eigenvalue weighted by Gasteiger charge is -2.24. The van der Waals surface area contributed by atoms with Gasteiger partial charge in [-0.15, -0.1) is 0 Å². The molecule has 1 aromatic rings. The average molecular weight is 355 g/mol. The van der Waals surface area contributed by atoms with Crippen LogP contribution >= 0.6 is 11.6 Å². The number of rotatable bonds is 4. The van der Waals surface area contributed by atoms with Crippen molar-refractivity contribution in [3.8, 4) is 0 Å². The van der Waals surface area contributed by atoms with E-state index >= 15 is 0 Å². The van der Waals surface area contributed by atoms with Crippen LogP contribution in [0, 0.1) is 6.92 Å². The molecule has 2 amide bonds. The van der Waals surface area contributed by atoms with Crippen LogP contribution in [0.25, 0.3) is 0 Å². The molecule has 1 aromatic heterocycles. The van der Waals surface area contributed by atoms with Crippen molar-refractivity contribution >= 4 is 23.4 Å². The predicted molar refractivity (Wildman–Crippen MR) is 88.8 cm³/mol.